The van der Waals surface area contributed by atoms with Crippen molar-refractivity contribution in [2.45, 2.75) is 13.8 Å². The minimum absolute atomic E-state index is 0. The second-order valence-electron chi connectivity index (χ2n) is 4.53. The SMILES string of the molecule is Cc1cc(-c2csc(N)n2)c(C)n1-c1ccccc1.Cl. The topological polar surface area (TPSA) is 43.8 Å². The van der Waals surface area contributed by atoms with E-state index in [1.807, 2.05) is 11.4 Å². The zero-order valence-electron chi connectivity index (χ0n) is 11.3. The van der Waals surface area contributed by atoms with E-state index in [1.165, 1.54) is 28.4 Å². The standard InChI is InChI=1S/C15H15N3S.ClH/c1-10-8-13(14-9-19-15(16)17-14)11(2)18(10)12-6-4-3-5-7-12;/h3-9H,1-2H3,(H2,16,17);1H. The van der Waals surface area contributed by atoms with E-state index in [0.29, 0.717) is 5.13 Å². The van der Waals surface area contributed by atoms with Gasteiger partial charge in [0.15, 0.2) is 5.13 Å². The summed E-state index contributed by atoms with van der Waals surface area (Å²) in [6.45, 7) is 4.23. The predicted octanol–water partition coefficient (Wildman–Crippen LogP) is 4.22. The highest BCUT2D eigenvalue weighted by Gasteiger charge is 2.13. The van der Waals surface area contributed by atoms with Crippen LogP contribution in [0.3, 0.4) is 0 Å². The molecule has 0 radical (unpaired) electrons. The number of aryl methyl sites for hydroxylation is 1. The Balaban J connectivity index is 0.00000147. The van der Waals surface area contributed by atoms with Crippen molar-refractivity contribution in [1.29, 1.82) is 0 Å². The van der Waals surface area contributed by atoms with Gasteiger partial charge in [-0.15, -0.1) is 23.7 Å². The number of benzene rings is 1. The summed E-state index contributed by atoms with van der Waals surface area (Å²) in [5, 5.41) is 2.62. The van der Waals surface area contributed by atoms with Gasteiger partial charge in [0, 0.05) is 28.0 Å². The van der Waals surface area contributed by atoms with E-state index in [1.54, 1.807) is 0 Å². The number of hydrogen-bond acceptors (Lipinski definition) is 3. The summed E-state index contributed by atoms with van der Waals surface area (Å²) in [5.74, 6) is 0. The Morgan fingerprint density at radius 2 is 1.85 bits per heavy atom. The van der Waals surface area contributed by atoms with Gasteiger partial charge < -0.3 is 10.3 Å². The fourth-order valence-electron chi connectivity index (χ4n) is 2.41. The van der Waals surface area contributed by atoms with Crippen LogP contribution < -0.4 is 5.73 Å². The van der Waals surface area contributed by atoms with Gasteiger partial charge in [-0.25, -0.2) is 4.98 Å². The maximum atomic E-state index is 5.72. The number of nitrogens with zero attached hydrogens (tertiary/aromatic N) is 2. The highest BCUT2D eigenvalue weighted by Crippen LogP contribution is 2.30. The Morgan fingerprint density at radius 1 is 1.15 bits per heavy atom. The molecular weight excluding hydrogens is 290 g/mol. The van der Waals surface area contributed by atoms with Crippen molar-refractivity contribution < 1.29 is 0 Å². The van der Waals surface area contributed by atoms with Crippen molar-refractivity contribution >= 4 is 28.9 Å². The van der Waals surface area contributed by atoms with Crippen molar-refractivity contribution in [2.24, 2.45) is 0 Å². The normalized spacial score (nSPS) is 10.3. The molecule has 0 aliphatic heterocycles. The Morgan fingerprint density at radius 3 is 2.45 bits per heavy atom. The van der Waals surface area contributed by atoms with Gasteiger partial charge in [-0.1, -0.05) is 18.2 Å². The number of rotatable bonds is 2. The molecule has 0 aliphatic carbocycles. The second kappa shape index (κ2) is 5.69. The van der Waals surface area contributed by atoms with Gasteiger partial charge in [0.05, 0.1) is 5.69 Å². The lowest BCUT2D eigenvalue weighted by Gasteiger charge is -2.09. The summed E-state index contributed by atoms with van der Waals surface area (Å²) in [4.78, 5) is 4.37. The zero-order chi connectivity index (χ0) is 13.4. The molecule has 5 heteroatoms. The molecule has 0 fully saturated rings. The van der Waals surface area contributed by atoms with Crippen molar-refractivity contribution in [3.8, 4) is 16.9 Å². The molecule has 0 bridgehead atoms. The fourth-order valence-corrected chi connectivity index (χ4v) is 2.97. The van der Waals surface area contributed by atoms with Crippen LogP contribution in [0.5, 0.6) is 0 Å². The molecule has 2 N–H and O–H groups in total. The van der Waals surface area contributed by atoms with Gasteiger partial charge in [-0.3, -0.25) is 0 Å². The first-order chi connectivity index (χ1) is 9.16. The number of aromatic nitrogens is 2. The minimum Gasteiger partial charge on any atom is -0.375 e. The molecule has 0 saturated heterocycles. The Bertz CT molecular complexity index is 716. The summed E-state index contributed by atoms with van der Waals surface area (Å²) in [5.41, 5.74) is 11.4. The largest absolute Gasteiger partial charge is 0.375 e. The molecule has 3 aromatic rings. The van der Waals surface area contributed by atoms with Gasteiger partial charge in [0.2, 0.25) is 0 Å². The highest BCUT2D eigenvalue weighted by atomic mass is 35.5. The molecule has 20 heavy (non-hydrogen) atoms. The molecule has 0 amide bonds. The van der Waals surface area contributed by atoms with Gasteiger partial charge in [-0.05, 0) is 32.0 Å². The van der Waals surface area contributed by atoms with E-state index in [-0.39, 0.29) is 12.4 Å². The van der Waals surface area contributed by atoms with Crippen molar-refractivity contribution in [1.82, 2.24) is 9.55 Å². The molecular formula is C15H16ClN3S. The predicted molar refractivity (Wildman–Crippen MR) is 88.0 cm³/mol. The maximum Gasteiger partial charge on any atom is 0.180 e. The van der Waals surface area contributed by atoms with Crippen molar-refractivity contribution in [2.75, 3.05) is 5.73 Å². The summed E-state index contributed by atoms with van der Waals surface area (Å²) in [6.07, 6.45) is 0. The molecule has 0 aliphatic rings. The lowest BCUT2D eigenvalue weighted by Crippen LogP contribution is -1.98. The molecule has 2 aromatic heterocycles. The molecule has 3 rings (SSSR count). The van der Waals surface area contributed by atoms with E-state index in [0.717, 1.165) is 11.3 Å². The van der Waals surface area contributed by atoms with Crippen LogP contribution in [-0.2, 0) is 0 Å². The first kappa shape index (κ1) is 14.6. The van der Waals surface area contributed by atoms with Crippen LogP contribution in [0, 0.1) is 13.8 Å². The molecule has 0 unspecified atom stereocenters. The summed E-state index contributed by atoms with van der Waals surface area (Å²) in [6, 6.07) is 12.5. The maximum absolute atomic E-state index is 5.72. The lowest BCUT2D eigenvalue weighted by molar-refractivity contribution is 0.966. The number of hydrogen-bond donors (Lipinski definition) is 1. The van der Waals surface area contributed by atoms with Crippen LogP contribution in [-0.4, -0.2) is 9.55 Å². The second-order valence-corrected chi connectivity index (χ2v) is 5.42. The monoisotopic (exact) mass is 305 g/mol. The molecule has 1 aromatic carbocycles. The van der Waals surface area contributed by atoms with E-state index >= 15 is 0 Å². The lowest BCUT2D eigenvalue weighted by atomic mass is 10.2. The zero-order valence-corrected chi connectivity index (χ0v) is 13.0. The van der Waals surface area contributed by atoms with E-state index in [2.05, 4.69) is 53.7 Å². The highest BCUT2D eigenvalue weighted by molar-refractivity contribution is 7.13. The van der Waals surface area contributed by atoms with Crippen LogP contribution in [0.1, 0.15) is 11.4 Å². The van der Waals surface area contributed by atoms with E-state index in [9.17, 15) is 0 Å². The van der Waals surface area contributed by atoms with E-state index < -0.39 is 0 Å². The number of nitrogens with two attached hydrogens (primary N) is 1. The first-order valence-corrected chi connectivity index (χ1v) is 7.00. The van der Waals surface area contributed by atoms with Gasteiger partial charge in [0.1, 0.15) is 0 Å². The Labute approximate surface area is 128 Å². The van der Waals surface area contributed by atoms with Crippen LogP contribution in [0.2, 0.25) is 0 Å². The summed E-state index contributed by atoms with van der Waals surface area (Å²) in [7, 11) is 0. The number of anilines is 1. The van der Waals surface area contributed by atoms with E-state index in [4.69, 9.17) is 5.73 Å². The van der Waals surface area contributed by atoms with Gasteiger partial charge >= 0.3 is 0 Å². The minimum atomic E-state index is 0. The smallest absolute Gasteiger partial charge is 0.180 e. The van der Waals surface area contributed by atoms with Gasteiger partial charge in [0.25, 0.3) is 0 Å². The molecule has 0 atom stereocenters. The van der Waals surface area contributed by atoms with Crippen LogP contribution >= 0.6 is 23.7 Å². The average molecular weight is 306 g/mol. The first-order valence-electron chi connectivity index (χ1n) is 6.12. The molecule has 2 heterocycles. The summed E-state index contributed by atoms with van der Waals surface area (Å²) >= 11 is 1.48. The third-order valence-corrected chi connectivity index (χ3v) is 3.92. The summed E-state index contributed by atoms with van der Waals surface area (Å²) < 4.78 is 2.24. The number of thiazole rings is 1. The van der Waals surface area contributed by atoms with Crippen LogP contribution in [0.4, 0.5) is 5.13 Å². The van der Waals surface area contributed by atoms with Crippen molar-refractivity contribution in [3.63, 3.8) is 0 Å². The number of nitrogen functional groups attached to an aromatic ring is 1. The quantitative estimate of drug-likeness (QED) is 0.770. The molecule has 0 saturated carbocycles. The van der Waals surface area contributed by atoms with Gasteiger partial charge in [-0.2, -0.15) is 0 Å². The molecule has 0 spiro atoms. The third-order valence-electron chi connectivity index (χ3n) is 3.24. The number of para-hydroxylation sites is 1. The number of halogens is 1. The average Bonchev–Trinajstić information content (AvgIpc) is 2.95. The molecule has 104 valence electrons. The van der Waals surface area contributed by atoms with Crippen LogP contribution in [0.25, 0.3) is 16.9 Å². The Kier molecular flexibility index (Phi) is 4.16. The van der Waals surface area contributed by atoms with Crippen LogP contribution in [0.15, 0.2) is 41.8 Å². The Hall–Kier alpha value is -1.78. The van der Waals surface area contributed by atoms with Crippen molar-refractivity contribution in [3.05, 3.63) is 53.2 Å². The fraction of sp³-hybridized carbons (Fsp3) is 0.133. The third kappa shape index (κ3) is 2.44. The molecule has 3 nitrogen and oxygen atoms in total.